The molecule has 0 radical (unpaired) electrons. The summed E-state index contributed by atoms with van der Waals surface area (Å²) in [4.78, 5) is 38.0. The van der Waals surface area contributed by atoms with Crippen LogP contribution in [-0.4, -0.2) is 66.9 Å². The second kappa shape index (κ2) is 11.4. The molecule has 1 unspecified atom stereocenters. The quantitative estimate of drug-likeness (QED) is 0.568. The Morgan fingerprint density at radius 2 is 1.63 bits per heavy atom. The van der Waals surface area contributed by atoms with Gasteiger partial charge in [-0.25, -0.2) is 4.79 Å². The number of amides is 2. The summed E-state index contributed by atoms with van der Waals surface area (Å²) in [6.45, 7) is 3.47. The minimum atomic E-state index is -0.809. The number of carboxylic acids is 1. The molecular formula is C27H32N2O6. The average Bonchev–Trinajstić information content (AvgIpc) is 3.20. The second-order valence-corrected chi connectivity index (χ2v) is 8.98. The molecule has 2 aromatic rings. The van der Waals surface area contributed by atoms with E-state index < -0.39 is 24.1 Å². The number of nitrogens with one attached hydrogen (secondary N) is 1. The summed E-state index contributed by atoms with van der Waals surface area (Å²) in [6, 6.07) is 16.3. The second-order valence-electron chi connectivity index (χ2n) is 8.98. The van der Waals surface area contributed by atoms with Crippen LogP contribution in [0.15, 0.2) is 48.5 Å². The van der Waals surface area contributed by atoms with Crippen molar-refractivity contribution < 1.29 is 29.0 Å². The molecule has 2 aliphatic rings. The SMILES string of the molecule is CCOC(CNC(=O)OCC1c2ccccc2-c2ccccc21)CC(=O)N1CCC(C(=O)O)CC1. The van der Waals surface area contributed by atoms with Gasteiger partial charge in [0.2, 0.25) is 5.91 Å². The van der Waals surface area contributed by atoms with Gasteiger partial charge in [0.1, 0.15) is 6.61 Å². The molecule has 0 aromatic heterocycles. The molecule has 2 N–H and O–H groups in total. The Balaban J connectivity index is 1.27. The lowest BCUT2D eigenvalue weighted by Gasteiger charge is -2.31. The average molecular weight is 481 g/mol. The topological polar surface area (TPSA) is 105 Å². The smallest absolute Gasteiger partial charge is 0.407 e. The molecule has 1 aliphatic carbocycles. The summed E-state index contributed by atoms with van der Waals surface area (Å²) < 4.78 is 11.2. The molecule has 0 bridgehead atoms. The molecule has 0 saturated carbocycles. The fraction of sp³-hybridized carbons (Fsp3) is 0.444. The number of piperidine rings is 1. The first kappa shape index (κ1) is 24.7. The first-order valence-corrected chi connectivity index (χ1v) is 12.2. The third-order valence-electron chi connectivity index (χ3n) is 6.82. The molecule has 4 rings (SSSR count). The van der Waals surface area contributed by atoms with E-state index >= 15 is 0 Å². The molecule has 1 heterocycles. The van der Waals surface area contributed by atoms with Gasteiger partial charge < -0.3 is 24.8 Å². The van der Waals surface area contributed by atoms with Crippen molar-refractivity contribution in [3.63, 3.8) is 0 Å². The monoisotopic (exact) mass is 480 g/mol. The van der Waals surface area contributed by atoms with Crippen LogP contribution in [0, 0.1) is 5.92 Å². The molecule has 186 valence electrons. The maximum atomic E-state index is 12.7. The van der Waals surface area contributed by atoms with E-state index in [0.29, 0.717) is 32.5 Å². The number of fused-ring (bicyclic) bond motifs is 3. The van der Waals surface area contributed by atoms with Gasteiger partial charge >= 0.3 is 12.1 Å². The van der Waals surface area contributed by atoms with Gasteiger partial charge in [-0.05, 0) is 42.0 Å². The Labute approximate surface area is 205 Å². The highest BCUT2D eigenvalue weighted by molar-refractivity contribution is 5.79. The zero-order chi connectivity index (χ0) is 24.8. The molecule has 1 aliphatic heterocycles. The van der Waals surface area contributed by atoms with Crippen molar-refractivity contribution in [2.75, 3.05) is 32.8 Å². The minimum Gasteiger partial charge on any atom is -0.481 e. The van der Waals surface area contributed by atoms with Gasteiger partial charge in [-0.1, -0.05) is 48.5 Å². The first-order valence-electron chi connectivity index (χ1n) is 12.2. The number of aliphatic carboxylic acids is 1. The highest BCUT2D eigenvalue weighted by Crippen LogP contribution is 2.44. The standard InChI is InChI=1S/C27H32N2O6/c1-2-34-19(15-25(30)29-13-11-18(12-14-29)26(31)32)16-28-27(33)35-17-24-22-9-5-3-7-20(22)21-8-4-6-10-23(21)24/h3-10,18-19,24H,2,11-17H2,1H3,(H,28,33)(H,31,32). The van der Waals surface area contributed by atoms with Crippen LogP contribution in [0.3, 0.4) is 0 Å². The van der Waals surface area contributed by atoms with Gasteiger partial charge in [0.15, 0.2) is 0 Å². The Kier molecular flexibility index (Phi) is 8.02. The van der Waals surface area contributed by atoms with Gasteiger partial charge in [0.25, 0.3) is 0 Å². The molecule has 35 heavy (non-hydrogen) atoms. The van der Waals surface area contributed by atoms with Gasteiger partial charge in [-0.3, -0.25) is 9.59 Å². The number of alkyl carbamates (subject to hydrolysis) is 1. The molecule has 1 atom stereocenters. The van der Waals surface area contributed by atoms with E-state index in [9.17, 15) is 14.4 Å². The molecular weight excluding hydrogens is 448 g/mol. The number of likely N-dealkylation sites (tertiary alicyclic amines) is 1. The summed E-state index contributed by atoms with van der Waals surface area (Å²) in [5.41, 5.74) is 4.62. The molecule has 0 spiro atoms. The third-order valence-corrected chi connectivity index (χ3v) is 6.82. The molecule has 8 nitrogen and oxygen atoms in total. The van der Waals surface area contributed by atoms with Crippen LogP contribution in [0.2, 0.25) is 0 Å². The summed E-state index contributed by atoms with van der Waals surface area (Å²) in [5, 5.41) is 11.9. The Bertz CT molecular complexity index is 1020. The first-order chi connectivity index (χ1) is 17.0. The number of benzene rings is 2. The zero-order valence-corrected chi connectivity index (χ0v) is 19.9. The van der Waals surface area contributed by atoms with E-state index in [1.807, 2.05) is 31.2 Å². The summed E-state index contributed by atoms with van der Waals surface area (Å²) in [6.07, 6.45) is 0.00266. The van der Waals surface area contributed by atoms with E-state index in [1.165, 1.54) is 11.1 Å². The summed E-state index contributed by atoms with van der Waals surface area (Å²) in [7, 11) is 0. The van der Waals surface area contributed by atoms with Crippen LogP contribution in [-0.2, 0) is 19.1 Å². The van der Waals surface area contributed by atoms with E-state index in [4.69, 9.17) is 14.6 Å². The van der Waals surface area contributed by atoms with Crippen LogP contribution in [0.25, 0.3) is 11.1 Å². The number of rotatable bonds is 9. The molecule has 8 heteroatoms. The maximum Gasteiger partial charge on any atom is 0.407 e. The largest absolute Gasteiger partial charge is 0.481 e. The third kappa shape index (κ3) is 5.82. The molecule has 1 fully saturated rings. The Morgan fingerprint density at radius 3 is 2.20 bits per heavy atom. The minimum absolute atomic E-state index is 0.0221. The Morgan fingerprint density at radius 1 is 1.03 bits per heavy atom. The van der Waals surface area contributed by atoms with Gasteiger partial charge in [-0.15, -0.1) is 0 Å². The predicted octanol–water partition coefficient (Wildman–Crippen LogP) is 3.64. The lowest BCUT2D eigenvalue weighted by Crippen LogP contribution is -2.43. The van der Waals surface area contributed by atoms with Crippen molar-refractivity contribution in [1.82, 2.24) is 10.2 Å². The number of nitrogens with zero attached hydrogens (tertiary/aromatic N) is 1. The molecule has 1 saturated heterocycles. The van der Waals surface area contributed by atoms with Crippen molar-refractivity contribution in [3.8, 4) is 11.1 Å². The van der Waals surface area contributed by atoms with Crippen LogP contribution in [0.1, 0.15) is 43.2 Å². The maximum absolute atomic E-state index is 12.7. The van der Waals surface area contributed by atoms with Gasteiger partial charge in [-0.2, -0.15) is 0 Å². The van der Waals surface area contributed by atoms with Crippen LogP contribution in [0.5, 0.6) is 0 Å². The van der Waals surface area contributed by atoms with E-state index in [-0.39, 0.29) is 31.4 Å². The van der Waals surface area contributed by atoms with Crippen molar-refractivity contribution >= 4 is 18.0 Å². The number of hydrogen-bond acceptors (Lipinski definition) is 5. The van der Waals surface area contributed by atoms with Crippen molar-refractivity contribution in [1.29, 1.82) is 0 Å². The number of carbonyl (C=O) groups excluding carboxylic acids is 2. The van der Waals surface area contributed by atoms with E-state index in [2.05, 4.69) is 29.6 Å². The highest BCUT2D eigenvalue weighted by atomic mass is 16.5. The van der Waals surface area contributed by atoms with Crippen molar-refractivity contribution in [2.24, 2.45) is 5.92 Å². The van der Waals surface area contributed by atoms with Crippen molar-refractivity contribution in [2.45, 2.75) is 38.2 Å². The Hall–Kier alpha value is -3.39. The van der Waals surface area contributed by atoms with Crippen LogP contribution >= 0.6 is 0 Å². The number of carboxylic acid groups (broad SMARTS) is 1. The molecule has 2 amide bonds. The zero-order valence-electron chi connectivity index (χ0n) is 19.9. The van der Waals surface area contributed by atoms with Crippen LogP contribution < -0.4 is 5.32 Å². The van der Waals surface area contributed by atoms with E-state index in [1.54, 1.807) is 4.90 Å². The van der Waals surface area contributed by atoms with E-state index in [0.717, 1.165) is 11.1 Å². The lowest BCUT2D eigenvalue weighted by atomic mass is 9.97. The predicted molar refractivity (Wildman–Crippen MR) is 130 cm³/mol. The summed E-state index contributed by atoms with van der Waals surface area (Å²) >= 11 is 0. The van der Waals surface area contributed by atoms with Crippen molar-refractivity contribution in [3.05, 3.63) is 59.7 Å². The number of carbonyl (C=O) groups is 3. The fourth-order valence-corrected chi connectivity index (χ4v) is 4.97. The molecule has 2 aromatic carbocycles. The van der Waals surface area contributed by atoms with Gasteiger partial charge in [0.05, 0.1) is 18.4 Å². The number of ether oxygens (including phenoxy) is 2. The summed E-state index contributed by atoms with van der Waals surface area (Å²) in [5.74, 6) is -1.32. The van der Waals surface area contributed by atoms with Crippen LogP contribution in [0.4, 0.5) is 4.79 Å². The lowest BCUT2D eigenvalue weighted by molar-refractivity contribution is -0.146. The highest BCUT2D eigenvalue weighted by Gasteiger charge is 2.30. The van der Waals surface area contributed by atoms with Gasteiger partial charge in [0, 0.05) is 32.2 Å². The number of hydrogen-bond donors (Lipinski definition) is 2. The fourth-order valence-electron chi connectivity index (χ4n) is 4.97. The normalized spacial score (nSPS) is 16.3.